The molecule has 0 radical (unpaired) electrons. The van der Waals surface area contributed by atoms with E-state index in [0.717, 1.165) is 10.1 Å². The van der Waals surface area contributed by atoms with Crippen LogP contribution < -0.4 is 0 Å². The Morgan fingerprint density at radius 2 is 1.79 bits per heavy atom. The molecule has 0 saturated heterocycles. The van der Waals surface area contributed by atoms with Gasteiger partial charge in [-0.2, -0.15) is 18.2 Å². The second-order valence-electron chi connectivity index (χ2n) is 5.47. The van der Waals surface area contributed by atoms with Crippen LogP contribution in [0.15, 0.2) is 0 Å². The molecule has 132 valence electrons. The third kappa shape index (κ3) is 3.49. The monoisotopic (exact) mass is 343 g/mol. The predicted molar refractivity (Wildman–Crippen MR) is 81.5 cm³/mol. The van der Waals surface area contributed by atoms with Crippen molar-refractivity contribution < 1.29 is 18.0 Å². The Hall–Kier alpha value is -2.19. The van der Waals surface area contributed by atoms with Crippen molar-refractivity contribution >= 4 is 11.7 Å². The van der Waals surface area contributed by atoms with Crippen LogP contribution in [0.25, 0.3) is 5.78 Å². The molecule has 2 rings (SSSR count). The van der Waals surface area contributed by atoms with Gasteiger partial charge in [-0.1, -0.05) is 0 Å². The Morgan fingerprint density at radius 1 is 1.17 bits per heavy atom. The lowest BCUT2D eigenvalue weighted by Crippen LogP contribution is -2.30. The molecule has 0 aliphatic heterocycles. The standard InChI is InChI=1S/C15H20F3N5O/c1-5-22(6-2)12(24)8-7-11-9(3)19-14-20-13(15(16,17)18)21-23(14)10(11)4/h5-8H2,1-4H3. The summed E-state index contributed by atoms with van der Waals surface area (Å²) in [4.78, 5) is 21.4. The van der Waals surface area contributed by atoms with Crippen molar-refractivity contribution in [2.45, 2.75) is 46.7 Å². The molecule has 0 bridgehead atoms. The van der Waals surface area contributed by atoms with Gasteiger partial charge in [-0.15, -0.1) is 5.10 Å². The Labute approximate surface area is 137 Å². The summed E-state index contributed by atoms with van der Waals surface area (Å²) in [5.41, 5.74) is 1.81. The van der Waals surface area contributed by atoms with Gasteiger partial charge < -0.3 is 4.90 Å². The van der Waals surface area contributed by atoms with E-state index in [4.69, 9.17) is 0 Å². The Morgan fingerprint density at radius 3 is 2.33 bits per heavy atom. The third-order valence-corrected chi connectivity index (χ3v) is 4.01. The molecule has 0 aromatic carbocycles. The van der Waals surface area contributed by atoms with Crippen LogP contribution in [0.2, 0.25) is 0 Å². The van der Waals surface area contributed by atoms with E-state index in [-0.39, 0.29) is 18.1 Å². The SMILES string of the molecule is CCN(CC)C(=O)CCc1c(C)nc2nc(C(F)(F)F)nn2c1C. The summed E-state index contributed by atoms with van der Waals surface area (Å²) in [6.07, 6.45) is -3.94. The van der Waals surface area contributed by atoms with Gasteiger partial charge >= 0.3 is 6.18 Å². The van der Waals surface area contributed by atoms with Crippen LogP contribution in [0.4, 0.5) is 13.2 Å². The fourth-order valence-electron chi connectivity index (χ4n) is 2.66. The molecular weight excluding hydrogens is 323 g/mol. The van der Waals surface area contributed by atoms with Crippen molar-refractivity contribution in [3.63, 3.8) is 0 Å². The van der Waals surface area contributed by atoms with E-state index >= 15 is 0 Å². The van der Waals surface area contributed by atoms with Crippen LogP contribution in [0, 0.1) is 13.8 Å². The highest BCUT2D eigenvalue weighted by molar-refractivity contribution is 5.76. The summed E-state index contributed by atoms with van der Waals surface area (Å²) in [7, 11) is 0. The minimum Gasteiger partial charge on any atom is -0.343 e. The molecule has 2 aromatic rings. The number of fused-ring (bicyclic) bond motifs is 1. The molecule has 24 heavy (non-hydrogen) atoms. The van der Waals surface area contributed by atoms with Crippen LogP contribution in [0.3, 0.4) is 0 Å². The normalized spacial score (nSPS) is 12.0. The molecule has 0 spiro atoms. The van der Waals surface area contributed by atoms with Crippen molar-refractivity contribution in [1.29, 1.82) is 0 Å². The van der Waals surface area contributed by atoms with Crippen molar-refractivity contribution in [3.8, 4) is 0 Å². The lowest BCUT2D eigenvalue weighted by atomic mass is 10.1. The van der Waals surface area contributed by atoms with E-state index < -0.39 is 12.0 Å². The molecule has 6 nitrogen and oxygen atoms in total. The number of hydrogen-bond acceptors (Lipinski definition) is 4. The molecule has 2 heterocycles. The Balaban J connectivity index is 2.32. The van der Waals surface area contributed by atoms with Gasteiger partial charge in [0.15, 0.2) is 0 Å². The summed E-state index contributed by atoms with van der Waals surface area (Å²) in [6, 6.07) is 0. The average Bonchev–Trinajstić information content (AvgIpc) is 2.92. The van der Waals surface area contributed by atoms with Gasteiger partial charge in [0.2, 0.25) is 5.91 Å². The van der Waals surface area contributed by atoms with E-state index in [9.17, 15) is 18.0 Å². The topological polar surface area (TPSA) is 63.4 Å². The van der Waals surface area contributed by atoms with E-state index in [1.165, 1.54) is 0 Å². The molecule has 2 aromatic heterocycles. The van der Waals surface area contributed by atoms with Crippen LogP contribution in [-0.4, -0.2) is 43.5 Å². The maximum Gasteiger partial charge on any atom is 0.453 e. The van der Waals surface area contributed by atoms with Gasteiger partial charge in [0, 0.05) is 30.9 Å². The zero-order valence-corrected chi connectivity index (χ0v) is 14.1. The van der Waals surface area contributed by atoms with Gasteiger partial charge in [-0.25, -0.2) is 9.50 Å². The first-order chi connectivity index (χ1) is 11.2. The van der Waals surface area contributed by atoms with Gasteiger partial charge in [-0.3, -0.25) is 4.79 Å². The fraction of sp³-hybridized carbons (Fsp3) is 0.600. The molecule has 0 saturated carbocycles. The maximum absolute atomic E-state index is 12.8. The number of halogens is 3. The molecule has 0 N–H and O–H groups in total. The van der Waals surface area contributed by atoms with E-state index in [1.807, 2.05) is 13.8 Å². The zero-order valence-electron chi connectivity index (χ0n) is 14.1. The summed E-state index contributed by atoms with van der Waals surface area (Å²) in [5, 5.41) is 3.50. The zero-order chi connectivity index (χ0) is 18.1. The van der Waals surface area contributed by atoms with Crippen molar-refractivity contribution in [1.82, 2.24) is 24.5 Å². The molecule has 0 fully saturated rings. The first-order valence-corrected chi connectivity index (χ1v) is 7.76. The molecular formula is C15H20F3N5O. The number of carbonyl (C=O) groups is 1. The first-order valence-electron chi connectivity index (χ1n) is 7.76. The Bertz CT molecular complexity index is 750. The van der Waals surface area contributed by atoms with E-state index in [1.54, 1.807) is 18.7 Å². The average molecular weight is 343 g/mol. The number of nitrogens with zero attached hydrogens (tertiary/aromatic N) is 5. The summed E-state index contributed by atoms with van der Waals surface area (Å²) < 4.78 is 39.4. The third-order valence-electron chi connectivity index (χ3n) is 4.01. The highest BCUT2D eigenvalue weighted by Gasteiger charge is 2.36. The van der Waals surface area contributed by atoms with Crippen LogP contribution in [0.5, 0.6) is 0 Å². The predicted octanol–water partition coefficient (Wildman–Crippen LogP) is 2.56. The number of amides is 1. The molecule has 0 unspecified atom stereocenters. The fourth-order valence-corrected chi connectivity index (χ4v) is 2.66. The number of hydrogen-bond donors (Lipinski definition) is 0. The van der Waals surface area contributed by atoms with Crippen molar-refractivity contribution in [2.75, 3.05) is 13.1 Å². The largest absolute Gasteiger partial charge is 0.453 e. The van der Waals surface area contributed by atoms with Crippen LogP contribution in [-0.2, 0) is 17.4 Å². The van der Waals surface area contributed by atoms with Gasteiger partial charge in [0.1, 0.15) is 0 Å². The minimum absolute atomic E-state index is 0.00784. The first kappa shape index (κ1) is 18.2. The smallest absolute Gasteiger partial charge is 0.343 e. The van der Waals surface area contributed by atoms with Crippen molar-refractivity contribution in [3.05, 3.63) is 22.8 Å². The maximum atomic E-state index is 12.8. The Kier molecular flexibility index (Phi) is 5.10. The number of aromatic nitrogens is 4. The van der Waals surface area contributed by atoms with Crippen LogP contribution in [0.1, 0.15) is 43.0 Å². The van der Waals surface area contributed by atoms with Crippen molar-refractivity contribution in [2.24, 2.45) is 0 Å². The molecule has 0 atom stereocenters. The van der Waals surface area contributed by atoms with E-state index in [0.29, 0.717) is 30.9 Å². The number of aryl methyl sites for hydroxylation is 2. The quantitative estimate of drug-likeness (QED) is 0.837. The summed E-state index contributed by atoms with van der Waals surface area (Å²) in [6.45, 7) is 8.42. The minimum atomic E-state index is -4.62. The lowest BCUT2D eigenvalue weighted by Gasteiger charge is -2.19. The molecule has 1 amide bonds. The van der Waals surface area contributed by atoms with Gasteiger partial charge in [-0.05, 0) is 39.7 Å². The molecule has 0 aliphatic carbocycles. The van der Waals surface area contributed by atoms with E-state index in [2.05, 4.69) is 15.1 Å². The van der Waals surface area contributed by atoms with Crippen LogP contribution >= 0.6 is 0 Å². The highest BCUT2D eigenvalue weighted by atomic mass is 19.4. The molecule has 9 heteroatoms. The molecule has 0 aliphatic rings. The van der Waals surface area contributed by atoms with Gasteiger partial charge in [0.25, 0.3) is 11.6 Å². The summed E-state index contributed by atoms with van der Waals surface area (Å²) in [5.74, 6) is -1.29. The highest BCUT2D eigenvalue weighted by Crippen LogP contribution is 2.27. The number of rotatable bonds is 5. The summed E-state index contributed by atoms with van der Waals surface area (Å²) >= 11 is 0. The lowest BCUT2D eigenvalue weighted by molar-refractivity contribution is -0.144. The van der Waals surface area contributed by atoms with Gasteiger partial charge in [0.05, 0.1) is 0 Å². The number of alkyl halides is 3. The second-order valence-corrected chi connectivity index (χ2v) is 5.47. The second kappa shape index (κ2) is 6.74. The number of carbonyl (C=O) groups excluding carboxylic acids is 1.